The van der Waals surface area contributed by atoms with Gasteiger partial charge in [0.25, 0.3) is 0 Å². The third-order valence-electron chi connectivity index (χ3n) is 15.3. The molecule has 2 nitrogen and oxygen atoms in total. The number of hydrogen-bond acceptors (Lipinski definition) is 2. The fourth-order valence-corrected chi connectivity index (χ4v) is 14.0. The molecule has 5 aliphatic carbocycles. The molecule has 0 spiro atoms. The van der Waals surface area contributed by atoms with Crippen molar-refractivity contribution >= 4 is 0 Å². The van der Waals surface area contributed by atoms with Gasteiger partial charge in [-0.15, -0.1) is 0 Å². The van der Waals surface area contributed by atoms with Gasteiger partial charge < -0.3 is 9.84 Å². The van der Waals surface area contributed by atoms with E-state index in [-0.39, 0.29) is 6.10 Å². The van der Waals surface area contributed by atoms with Crippen LogP contribution in [0.4, 0.5) is 0 Å². The highest BCUT2D eigenvalue weighted by Gasteiger charge is 2.67. The standard InChI is InChI=1S/C38H66O2/c1-22(2)33-24(4)18-37(9)21-36(8)19-31-30(28-13-12-14-29(17-28)32(39)20-40-11)16-15-23(3)34(31)25(5)35(36)27(7)38(37,10)26(33)6/h22-23,25-32,34-35,39H,12-21H2,1-11H3. The maximum atomic E-state index is 10.9. The summed E-state index contributed by atoms with van der Waals surface area (Å²) in [6.07, 6.45) is 11.8. The number of allylic oxidation sites excluding steroid dienone is 2. The molecule has 2 heteroatoms. The second-order valence-corrected chi connectivity index (χ2v) is 17.5. The van der Waals surface area contributed by atoms with E-state index in [2.05, 4.69) is 69.2 Å². The van der Waals surface area contributed by atoms with Gasteiger partial charge in [0.1, 0.15) is 0 Å². The van der Waals surface area contributed by atoms with Gasteiger partial charge in [0, 0.05) is 7.11 Å². The average Bonchev–Trinajstić information content (AvgIpc) is 2.86. The minimum atomic E-state index is -0.282. The molecule has 5 rings (SSSR count). The van der Waals surface area contributed by atoms with Gasteiger partial charge in [-0.1, -0.05) is 92.7 Å². The van der Waals surface area contributed by atoms with E-state index in [0.717, 1.165) is 47.3 Å². The first-order chi connectivity index (χ1) is 18.7. The third-order valence-corrected chi connectivity index (χ3v) is 15.3. The van der Waals surface area contributed by atoms with Crippen molar-refractivity contribution in [3.05, 3.63) is 11.1 Å². The third kappa shape index (κ3) is 4.62. The van der Waals surface area contributed by atoms with Gasteiger partial charge >= 0.3 is 0 Å². The Kier molecular flexibility index (Phi) is 8.54. The highest BCUT2D eigenvalue weighted by molar-refractivity contribution is 5.30. The van der Waals surface area contributed by atoms with Crippen molar-refractivity contribution < 1.29 is 9.84 Å². The summed E-state index contributed by atoms with van der Waals surface area (Å²) in [4.78, 5) is 0. The van der Waals surface area contributed by atoms with Gasteiger partial charge in [-0.05, 0) is 127 Å². The van der Waals surface area contributed by atoms with E-state index >= 15 is 0 Å². The van der Waals surface area contributed by atoms with Gasteiger partial charge in [0.15, 0.2) is 0 Å². The first-order valence-electron chi connectivity index (χ1n) is 17.6. The van der Waals surface area contributed by atoms with Crippen molar-refractivity contribution in [3.8, 4) is 0 Å². The van der Waals surface area contributed by atoms with Crippen LogP contribution in [0.5, 0.6) is 0 Å². The van der Waals surface area contributed by atoms with Gasteiger partial charge in [-0.2, -0.15) is 0 Å². The second-order valence-electron chi connectivity index (χ2n) is 17.5. The summed E-state index contributed by atoms with van der Waals surface area (Å²) < 4.78 is 5.38. The minimum absolute atomic E-state index is 0.282. The molecule has 14 unspecified atom stereocenters. The zero-order valence-corrected chi connectivity index (χ0v) is 28.4. The summed E-state index contributed by atoms with van der Waals surface area (Å²) in [6, 6.07) is 0. The molecule has 40 heavy (non-hydrogen) atoms. The van der Waals surface area contributed by atoms with Crippen LogP contribution in [0.2, 0.25) is 0 Å². The lowest BCUT2D eigenvalue weighted by Crippen LogP contribution is -2.65. The Morgan fingerprint density at radius 1 is 0.975 bits per heavy atom. The predicted molar refractivity (Wildman–Crippen MR) is 169 cm³/mol. The van der Waals surface area contributed by atoms with Crippen LogP contribution in [0, 0.1) is 81.3 Å². The first-order valence-corrected chi connectivity index (χ1v) is 17.6. The van der Waals surface area contributed by atoms with Gasteiger partial charge in [-0.3, -0.25) is 0 Å². The Hall–Kier alpha value is -0.340. The molecule has 0 saturated heterocycles. The SMILES string of the molecule is COCC(O)C1CCCC(C2CCC(C)C3C(C)C4C(C)C5(C)C(C)C(C(C)C)=C(C)CC5(C)CC4(C)CC23)C1. The number of aliphatic hydroxyl groups excluding tert-OH is 1. The van der Waals surface area contributed by atoms with Crippen molar-refractivity contribution in [1.29, 1.82) is 0 Å². The van der Waals surface area contributed by atoms with Crippen LogP contribution in [-0.4, -0.2) is 24.9 Å². The molecule has 230 valence electrons. The number of hydrogen-bond donors (Lipinski definition) is 1. The summed E-state index contributed by atoms with van der Waals surface area (Å²) in [5.41, 5.74) is 4.67. The van der Waals surface area contributed by atoms with E-state index in [9.17, 15) is 5.11 Å². The molecule has 0 amide bonds. The van der Waals surface area contributed by atoms with Crippen molar-refractivity contribution in [2.45, 2.75) is 133 Å². The molecule has 14 atom stereocenters. The fraction of sp³-hybridized carbons (Fsp3) is 0.947. The van der Waals surface area contributed by atoms with Crippen LogP contribution >= 0.6 is 0 Å². The summed E-state index contributed by atoms with van der Waals surface area (Å²) in [5, 5.41) is 10.9. The number of ether oxygens (including phenoxy) is 1. The Morgan fingerprint density at radius 3 is 2.33 bits per heavy atom. The van der Waals surface area contributed by atoms with Crippen LogP contribution < -0.4 is 0 Å². The molecule has 4 saturated carbocycles. The molecule has 0 aromatic carbocycles. The molecule has 5 aliphatic rings. The smallest absolute Gasteiger partial charge is 0.0801 e. The minimum Gasteiger partial charge on any atom is -0.390 e. The number of aliphatic hydroxyl groups is 1. The molecule has 0 aromatic rings. The Morgan fingerprint density at radius 2 is 1.68 bits per heavy atom. The van der Waals surface area contributed by atoms with Crippen molar-refractivity contribution in [2.75, 3.05) is 13.7 Å². The zero-order chi connectivity index (χ0) is 29.4. The van der Waals surface area contributed by atoms with Crippen LogP contribution in [0.3, 0.4) is 0 Å². The fourth-order valence-electron chi connectivity index (χ4n) is 14.0. The largest absolute Gasteiger partial charge is 0.390 e. The second kappa shape index (κ2) is 11.0. The monoisotopic (exact) mass is 555 g/mol. The summed E-state index contributed by atoms with van der Waals surface area (Å²) in [7, 11) is 1.74. The Balaban J connectivity index is 1.48. The maximum Gasteiger partial charge on any atom is 0.0801 e. The van der Waals surface area contributed by atoms with Crippen LogP contribution in [0.1, 0.15) is 127 Å². The van der Waals surface area contributed by atoms with E-state index in [1.165, 1.54) is 57.8 Å². The normalized spacial score (nSPS) is 52.1. The first kappa shape index (κ1) is 31.1. The molecule has 1 N–H and O–H groups in total. The highest BCUT2D eigenvalue weighted by atomic mass is 16.5. The lowest BCUT2D eigenvalue weighted by molar-refractivity contribution is -0.219. The summed E-state index contributed by atoms with van der Waals surface area (Å²) in [6.45, 7) is 26.7. The van der Waals surface area contributed by atoms with E-state index in [1.54, 1.807) is 18.3 Å². The van der Waals surface area contributed by atoms with E-state index in [0.29, 0.717) is 40.6 Å². The summed E-state index contributed by atoms with van der Waals surface area (Å²) >= 11 is 0. The molecule has 0 aromatic heterocycles. The van der Waals surface area contributed by atoms with Crippen molar-refractivity contribution in [3.63, 3.8) is 0 Å². The van der Waals surface area contributed by atoms with E-state index in [4.69, 9.17) is 4.74 Å². The topological polar surface area (TPSA) is 29.5 Å². The molecule has 0 aliphatic heterocycles. The highest BCUT2D eigenvalue weighted by Crippen LogP contribution is 2.74. The zero-order valence-electron chi connectivity index (χ0n) is 28.4. The van der Waals surface area contributed by atoms with E-state index in [1.807, 2.05) is 0 Å². The molecular formula is C38H66O2. The van der Waals surface area contributed by atoms with Crippen LogP contribution in [0.15, 0.2) is 11.1 Å². The lowest BCUT2D eigenvalue weighted by Gasteiger charge is -2.72. The van der Waals surface area contributed by atoms with Crippen molar-refractivity contribution in [2.24, 2.45) is 81.3 Å². The molecule has 4 fully saturated rings. The maximum absolute atomic E-state index is 10.9. The van der Waals surface area contributed by atoms with Gasteiger partial charge in [0.2, 0.25) is 0 Å². The molecular weight excluding hydrogens is 488 g/mol. The average molecular weight is 555 g/mol. The van der Waals surface area contributed by atoms with E-state index < -0.39 is 0 Å². The Bertz CT molecular complexity index is 951. The van der Waals surface area contributed by atoms with Crippen LogP contribution in [0.25, 0.3) is 0 Å². The molecule has 0 bridgehead atoms. The predicted octanol–water partition coefficient (Wildman–Crippen LogP) is 9.81. The lowest BCUT2D eigenvalue weighted by atomic mass is 9.33. The molecule has 0 heterocycles. The molecule has 0 radical (unpaired) electrons. The number of methoxy groups -OCH3 is 1. The number of rotatable bonds is 5. The van der Waals surface area contributed by atoms with Crippen molar-refractivity contribution in [1.82, 2.24) is 0 Å². The van der Waals surface area contributed by atoms with Gasteiger partial charge in [0.05, 0.1) is 12.7 Å². The Labute approximate surface area is 248 Å². The summed E-state index contributed by atoms with van der Waals surface area (Å²) in [5.74, 6) is 8.39. The van der Waals surface area contributed by atoms with Crippen LogP contribution in [-0.2, 0) is 4.74 Å². The quantitative estimate of drug-likeness (QED) is 0.343. The number of fused-ring (bicyclic) bond motifs is 3. The van der Waals surface area contributed by atoms with Gasteiger partial charge in [-0.25, -0.2) is 0 Å².